The minimum absolute atomic E-state index is 0.0680. The summed E-state index contributed by atoms with van der Waals surface area (Å²) in [4.78, 5) is 11.7. The number of halogens is 2. The highest BCUT2D eigenvalue weighted by Gasteiger charge is 2.16. The summed E-state index contributed by atoms with van der Waals surface area (Å²) in [5.74, 6) is -1.89. The van der Waals surface area contributed by atoms with Gasteiger partial charge >= 0.3 is 6.03 Å². The van der Waals surface area contributed by atoms with E-state index < -0.39 is 23.7 Å². The molecule has 1 aromatic rings. The van der Waals surface area contributed by atoms with Crippen molar-refractivity contribution in [1.29, 1.82) is 0 Å². The Morgan fingerprint density at radius 2 is 2.00 bits per heavy atom. The quantitative estimate of drug-likeness (QED) is 0.752. The Bertz CT molecular complexity index is 455. The van der Waals surface area contributed by atoms with E-state index in [-0.39, 0.29) is 18.2 Å². The molecule has 0 aliphatic rings. The molecule has 3 N–H and O–H groups in total. The molecule has 0 radical (unpaired) electrons. The first-order valence-electron chi connectivity index (χ1n) is 6.57. The number of hydrogen-bond acceptors (Lipinski definition) is 2. The number of carbonyl (C=O) groups is 1. The van der Waals surface area contributed by atoms with Gasteiger partial charge in [-0.1, -0.05) is 12.1 Å². The van der Waals surface area contributed by atoms with Crippen molar-refractivity contribution in [2.24, 2.45) is 0 Å². The highest BCUT2D eigenvalue weighted by molar-refractivity contribution is 5.74. The second-order valence-electron chi connectivity index (χ2n) is 4.75. The summed E-state index contributed by atoms with van der Waals surface area (Å²) < 4.78 is 26.7. The van der Waals surface area contributed by atoms with Crippen LogP contribution in [0.2, 0.25) is 0 Å². The number of benzene rings is 1. The molecule has 1 rings (SSSR count). The van der Waals surface area contributed by atoms with Gasteiger partial charge < -0.3 is 15.7 Å². The first kappa shape index (κ1) is 16.4. The van der Waals surface area contributed by atoms with E-state index in [0.29, 0.717) is 12.8 Å². The number of aliphatic hydroxyl groups excluding tert-OH is 1. The van der Waals surface area contributed by atoms with Gasteiger partial charge in [-0.05, 0) is 32.8 Å². The van der Waals surface area contributed by atoms with Crippen molar-refractivity contribution in [2.75, 3.05) is 6.61 Å². The highest BCUT2D eigenvalue weighted by Crippen LogP contribution is 2.18. The van der Waals surface area contributed by atoms with Crippen molar-refractivity contribution in [3.05, 3.63) is 35.4 Å². The Kier molecular flexibility index (Phi) is 6.38. The maximum absolute atomic E-state index is 13.6. The molecular weight excluding hydrogens is 266 g/mol. The predicted octanol–water partition coefficient (Wildman–Crippen LogP) is 2.49. The summed E-state index contributed by atoms with van der Waals surface area (Å²) in [5, 5.41) is 13.9. The third kappa shape index (κ3) is 4.77. The Morgan fingerprint density at radius 1 is 1.30 bits per heavy atom. The molecule has 6 heteroatoms. The van der Waals surface area contributed by atoms with Crippen LogP contribution in [0, 0.1) is 11.6 Å². The van der Waals surface area contributed by atoms with E-state index in [2.05, 4.69) is 10.6 Å². The first-order valence-corrected chi connectivity index (χ1v) is 6.57. The molecule has 0 saturated carbocycles. The summed E-state index contributed by atoms with van der Waals surface area (Å²) in [7, 11) is 0. The Balaban J connectivity index is 2.55. The molecule has 0 heterocycles. The average molecular weight is 286 g/mol. The normalized spacial score (nSPS) is 13.7. The molecule has 4 nitrogen and oxygen atoms in total. The number of hydrogen-bond donors (Lipinski definition) is 3. The van der Waals surface area contributed by atoms with Crippen molar-refractivity contribution in [3.63, 3.8) is 0 Å². The van der Waals surface area contributed by atoms with Crippen molar-refractivity contribution in [2.45, 2.75) is 38.8 Å². The second kappa shape index (κ2) is 7.79. The van der Waals surface area contributed by atoms with E-state index in [0.717, 1.165) is 6.07 Å². The zero-order valence-corrected chi connectivity index (χ0v) is 11.6. The molecule has 0 spiro atoms. The SMILES string of the molecule is CC(CCCO)NC(=O)NC(C)c1cccc(F)c1F. The van der Waals surface area contributed by atoms with Gasteiger partial charge in [0.05, 0.1) is 6.04 Å². The third-order valence-corrected chi connectivity index (χ3v) is 2.97. The molecule has 2 unspecified atom stereocenters. The molecule has 0 fully saturated rings. The number of carbonyl (C=O) groups excluding carboxylic acids is 1. The minimum atomic E-state index is -0.950. The number of urea groups is 1. The fourth-order valence-electron chi connectivity index (χ4n) is 1.86. The van der Waals surface area contributed by atoms with Crippen molar-refractivity contribution in [3.8, 4) is 0 Å². The second-order valence-corrected chi connectivity index (χ2v) is 4.75. The average Bonchev–Trinajstić information content (AvgIpc) is 2.39. The lowest BCUT2D eigenvalue weighted by Crippen LogP contribution is -2.42. The number of rotatable bonds is 6. The maximum Gasteiger partial charge on any atom is 0.315 e. The van der Waals surface area contributed by atoms with Gasteiger partial charge in [-0.25, -0.2) is 13.6 Å². The van der Waals surface area contributed by atoms with E-state index in [1.807, 2.05) is 6.92 Å². The van der Waals surface area contributed by atoms with Crippen LogP contribution in [-0.4, -0.2) is 23.8 Å². The first-order chi connectivity index (χ1) is 9.45. The fraction of sp³-hybridized carbons (Fsp3) is 0.500. The lowest BCUT2D eigenvalue weighted by atomic mass is 10.1. The predicted molar refractivity (Wildman–Crippen MR) is 72.2 cm³/mol. The summed E-state index contributed by atoms with van der Waals surface area (Å²) in [6.45, 7) is 3.46. The summed E-state index contributed by atoms with van der Waals surface area (Å²) in [6.07, 6.45) is 1.24. The molecule has 0 bridgehead atoms. The zero-order chi connectivity index (χ0) is 15.1. The number of nitrogens with one attached hydrogen (secondary N) is 2. The summed E-state index contributed by atoms with van der Waals surface area (Å²) in [6, 6.07) is 2.66. The standard InChI is InChI=1S/C14H20F2N2O2/c1-9(5-4-8-19)17-14(20)18-10(2)11-6-3-7-12(15)13(11)16/h3,6-7,9-10,19H,4-5,8H2,1-2H3,(H2,17,18,20). The van der Waals surface area contributed by atoms with Crippen LogP contribution in [0.4, 0.5) is 13.6 Å². The van der Waals surface area contributed by atoms with E-state index in [4.69, 9.17) is 5.11 Å². The molecule has 2 amide bonds. The van der Waals surface area contributed by atoms with Crippen LogP contribution in [0.1, 0.15) is 38.3 Å². The molecular formula is C14H20F2N2O2. The maximum atomic E-state index is 13.6. The zero-order valence-electron chi connectivity index (χ0n) is 11.6. The van der Waals surface area contributed by atoms with Gasteiger partial charge in [-0.15, -0.1) is 0 Å². The van der Waals surface area contributed by atoms with Crippen LogP contribution >= 0.6 is 0 Å². The molecule has 2 atom stereocenters. The fourth-order valence-corrected chi connectivity index (χ4v) is 1.86. The van der Waals surface area contributed by atoms with Crippen LogP contribution in [0.3, 0.4) is 0 Å². The van der Waals surface area contributed by atoms with Gasteiger partial charge in [-0.2, -0.15) is 0 Å². The van der Waals surface area contributed by atoms with Gasteiger partial charge in [0.2, 0.25) is 0 Å². The van der Waals surface area contributed by atoms with Gasteiger partial charge in [0, 0.05) is 18.2 Å². The smallest absolute Gasteiger partial charge is 0.315 e. The van der Waals surface area contributed by atoms with Crippen LogP contribution in [0.15, 0.2) is 18.2 Å². The monoisotopic (exact) mass is 286 g/mol. The molecule has 0 saturated heterocycles. The topological polar surface area (TPSA) is 61.4 Å². The van der Waals surface area contributed by atoms with Crippen molar-refractivity contribution >= 4 is 6.03 Å². The van der Waals surface area contributed by atoms with Gasteiger partial charge in [0.15, 0.2) is 11.6 Å². The van der Waals surface area contributed by atoms with Gasteiger partial charge in [-0.3, -0.25) is 0 Å². The minimum Gasteiger partial charge on any atom is -0.396 e. The van der Waals surface area contributed by atoms with Crippen LogP contribution in [0.5, 0.6) is 0 Å². The van der Waals surface area contributed by atoms with E-state index >= 15 is 0 Å². The molecule has 0 aromatic heterocycles. The van der Waals surface area contributed by atoms with E-state index in [1.54, 1.807) is 6.92 Å². The molecule has 20 heavy (non-hydrogen) atoms. The largest absolute Gasteiger partial charge is 0.396 e. The summed E-state index contributed by atoms with van der Waals surface area (Å²) in [5.41, 5.74) is 0.100. The highest BCUT2D eigenvalue weighted by atomic mass is 19.2. The Labute approximate surface area is 117 Å². The molecule has 0 aliphatic carbocycles. The van der Waals surface area contributed by atoms with Gasteiger partial charge in [0.25, 0.3) is 0 Å². The number of amides is 2. The Hall–Kier alpha value is -1.69. The van der Waals surface area contributed by atoms with Gasteiger partial charge in [0.1, 0.15) is 0 Å². The van der Waals surface area contributed by atoms with E-state index in [1.165, 1.54) is 12.1 Å². The molecule has 0 aliphatic heterocycles. The third-order valence-electron chi connectivity index (χ3n) is 2.97. The number of aliphatic hydroxyl groups is 1. The van der Waals surface area contributed by atoms with Crippen LogP contribution in [-0.2, 0) is 0 Å². The van der Waals surface area contributed by atoms with Crippen LogP contribution in [0.25, 0.3) is 0 Å². The molecule has 112 valence electrons. The van der Waals surface area contributed by atoms with Crippen molar-refractivity contribution < 1.29 is 18.7 Å². The lowest BCUT2D eigenvalue weighted by Gasteiger charge is -2.18. The lowest BCUT2D eigenvalue weighted by molar-refractivity contribution is 0.231. The van der Waals surface area contributed by atoms with Crippen LogP contribution < -0.4 is 10.6 Å². The summed E-state index contributed by atoms with van der Waals surface area (Å²) >= 11 is 0. The van der Waals surface area contributed by atoms with E-state index in [9.17, 15) is 13.6 Å². The Morgan fingerprint density at radius 3 is 2.65 bits per heavy atom. The van der Waals surface area contributed by atoms with Crippen molar-refractivity contribution in [1.82, 2.24) is 10.6 Å². The molecule has 1 aromatic carbocycles.